The molecule has 1 N–H and O–H groups in total. The van der Waals surface area contributed by atoms with E-state index >= 15 is 0 Å². The second-order valence-electron chi connectivity index (χ2n) is 7.46. The molecule has 1 aliphatic rings. The molecule has 0 saturated carbocycles. The first kappa shape index (κ1) is 22.8. The molecule has 0 radical (unpaired) electrons. The fourth-order valence-corrected chi connectivity index (χ4v) is 5.82. The number of thioether (sulfide) groups is 1. The molecule has 0 spiro atoms. The Balaban J connectivity index is 1.58. The second-order valence-corrected chi connectivity index (χ2v) is 10.5. The highest BCUT2D eigenvalue weighted by Crippen LogP contribution is 2.23. The van der Waals surface area contributed by atoms with Crippen molar-refractivity contribution in [3.05, 3.63) is 59.7 Å². The number of sulfonamides is 1. The van der Waals surface area contributed by atoms with Gasteiger partial charge in [-0.05, 0) is 56.0 Å². The summed E-state index contributed by atoms with van der Waals surface area (Å²) in [5.74, 6) is 0.663. The molecule has 162 valence electrons. The highest BCUT2D eigenvalue weighted by molar-refractivity contribution is 7.99. The number of nitrogens with zero attached hydrogens (tertiary/aromatic N) is 2. The molecule has 30 heavy (non-hydrogen) atoms. The van der Waals surface area contributed by atoms with Crippen LogP contribution in [0.15, 0.2) is 58.3 Å². The van der Waals surface area contributed by atoms with Crippen molar-refractivity contribution in [2.45, 2.75) is 23.1 Å². The third kappa shape index (κ3) is 5.85. The van der Waals surface area contributed by atoms with Gasteiger partial charge in [0.05, 0.1) is 4.90 Å². The molecule has 0 unspecified atom stereocenters. The van der Waals surface area contributed by atoms with Crippen molar-refractivity contribution >= 4 is 27.7 Å². The number of hydrogen-bond acceptors (Lipinski definition) is 5. The number of piperazine rings is 1. The number of amides is 1. The summed E-state index contributed by atoms with van der Waals surface area (Å²) in [5.41, 5.74) is 1.04. The van der Waals surface area contributed by atoms with E-state index in [1.54, 1.807) is 30.8 Å². The molecule has 8 heteroatoms. The lowest BCUT2D eigenvalue weighted by Gasteiger charge is -2.32. The highest BCUT2D eigenvalue weighted by Gasteiger charge is 2.29. The minimum absolute atomic E-state index is 0.222. The molecule has 0 aromatic heterocycles. The van der Waals surface area contributed by atoms with Crippen LogP contribution in [0.3, 0.4) is 0 Å². The summed E-state index contributed by atoms with van der Waals surface area (Å²) >= 11 is 1.75. The Labute approximate surface area is 183 Å². The van der Waals surface area contributed by atoms with Crippen molar-refractivity contribution < 1.29 is 13.2 Å². The smallest absolute Gasteiger partial charge is 0.251 e. The Hall–Kier alpha value is -1.87. The van der Waals surface area contributed by atoms with Gasteiger partial charge in [-0.2, -0.15) is 4.31 Å². The highest BCUT2D eigenvalue weighted by atomic mass is 32.2. The Morgan fingerprint density at radius 3 is 2.47 bits per heavy atom. The summed E-state index contributed by atoms with van der Waals surface area (Å²) < 4.78 is 27.7. The topological polar surface area (TPSA) is 69.7 Å². The molecule has 1 fully saturated rings. The molecular formula is C22H29N3O3S2. The maximum absolute atomic E-state index is 13.1. The average Bonchev–Trinajstić information content (AvgIpc) is 2.74. The number of benzene rings is 2. The molecule has 1 amide bonds. The van der Waals surface area contributed by atoms with Crippen LogP contribution in [0.25, 0.3) is 0 Å². The van der Waals surface area contributed by atoms with Crippen LogP contribution in [0.2, 0.25) is 0 Å². The molecule has 1 saturated heterocycles. The first-order chi connectivity index (χ1) is 14.4. The molecule has 6 nitrogen and oxygen atoms in total. The Morgan fingerprint density at radius 1 is 1.07 bits per heavy atom. The summed E-state index contributed by atoms with van der Waals surface area (Å²) in [6.07, 6.45) is 0.837. The van der Waals surface area contributed by atoms with Crippen LogP contribution in [0.5, 0.6) is 0 Å². The maximum atomic E-state index is 13.1. The minimum atomic E-state index is -3.61. The van der Waals surface area contributed by atoms with Crippen molar-refractivity contribution in [2.75, 3.05) is 45.5 Å². The molecule has 1 heterocycles. The maximum Gasteiger partial charge on any atom is 0.251 e. The second kappa shape index (κ2) is 10.4. The summed E-state index contributed by atoms with van der Waals surface area (Å²) in [6, 6.07) is 15.1. The first-order valence-corrected chi connectivity index (χ1v) is 12.6. The molecule has 2 aromatic rings. The van der Waals surface area contributed by atoms with Gasteiger partial charge >= 0.3 is 0 Å². The van der Waals surface area contributed by atoms with Gasteiger partial charge in [0.2, 0.25) is 10.0 Å². The number of carbonyl (C=O) groups is 1. The van der Waals surface area contributed by atoms with Gasteiger partial charge in [0.25, 0.3) is 5.91 Å². The van der Waals surface area contributed by atoms with Crippen LogP contribution >= 0.6 is 11.8 Å². The van der Waals surface area contributed by atoms with E-state index < -0.39 is 10.0 Å². The van der Waals surface area contributed by atoms with Crippen LogP contribution in [0.1, 0.15) is 22.3 Å². The van der Waals surface area contributed by atoms with Crippen LogP contribution in [0.4, 0.5) is 0 Å². The minimum Gasteiger partial charge on any atom is -0.352 e. The van der Waals surface area contributed by atoms with E-state index in [2.05, 4.69) is 22.3 Å². The molecular weight excluding hydrogens is 418 g/mol. The van der Waals surface area contributed by atoms with Gasteiger partial charge < -0.3 is 10.2 Å². The van der Waals surface area contributed by atoms with Crippen LogP contribution in [-0.4, -0.2) is 69.1 Å². The average molecular weight is 448 g/mol. The number of hydrogen-bond donors (Lipinski definition) is 1. The quantitative estimate of drug-likeness (QED) is 0.498. The number of carbonyl (C=O) groups excluding carboxylic acids is 1. The lowest BCUT2D eigenvalue weighted by Crippen LogP contribution is -2.47. The van der Waals surface area contributed by atoms with Gasteiger partial charge in [0.1, 0.15) is 0 Å². The number of rotatable bonds is 8. The molecule has 0 atom stereocenters. The first-order valence-electron chi connectivity index (χ1n) is 10.1. The molecule has 0 aliphatic carbocycles. The number of aryl methyl sites for hydroxylation is 1. The number of nitrogens with one attached hydrogen (secondary N) is 1. The normalized spacial score (nSPS) is 15.8. The zero-order valence-electron chi connectivity index (χ0n) is 17.5. The SMILES string of the molecule is Cc1ccc(C(=O)NCCCSc2ccccc2)cc1S(=O)(=O)N1CCN(C)CC1. The fourth-order valence-electron chi connectivity index (χ4n) is 3.27. The third-order valence-electron chi connectivity index (χ3n) is 5.15. The number of likely N-dealkylation sites (N-methyl/N-ethyl adjacent to an activating group) is 1. The van der Waals surface area contributed by atoms with Gasteiger partial charge in [-0.15, -0.1) is 11.8 Å². The van der Waals surface area contributed by atoms with Crippen molar-refractivity contribution in [3.63, 3.8) is 0 Å². The standard InChI is InChI=1S/C22H29N3O3S2/c1-18-9-10-19(17-21(18)30(27,28)25-14-12-24(2)13-15-25)22(26)23-11-6-16-29-20-7-4-3-5-8-20/h3-5,7-10,17H,6,11-16H2,1-2H3,(H,23,26). The van der Waals surface area contributed by atoms with E-state index in [4.69, 9.17) is 0 Å². The molecule has 3 rings (SSSR count). The van der Waals surface area contributed by atoms with Crippen LogP contribution < -0.4 is 5.32 Å². The fraction of sp³-hybridized carbons (Fsp3) is 0.409. The van der Waals surface area contributed by atoms with Crippen molar-refractivity contribution in [1.82, 2.24) is 14.5 Å². The van der Waals surface area contributed by atoms with E-state index in [9.17, 15) is 13.2 Å². The van der Waals surface area contributed by atoms with Gasteiger partial charge in [-0.25, -0.2) is 8.42 Å². The van der Waals surface area contributed by atoms with Gasteiger partial charge in [0.15, 0.2) is 0 Å². The lowest BCUT2D eigenvalue weighted by molar-refractivity contribution is 0.0953. The van der Waals surface area contributed by atoms with Gasteiger partial charge in [0, 0.05) is 43.2 Å². The van der Waals surface area contributed by atoms with E-state index in [1.165, 1.54) is 15.3 Å². The Kier molecular flexibility index (Phi) is 7.93. The lowest BCUT2D eigenvalue weighted by atomic mass is 10.1. The zero-order valence-corrected chi connectivity index (χ0v) is 19.1. The predicted molar refractivity (Wildman–Crippen MR) is 122 cm³/mol. The molecule has 1 aliphatic heterocycles. The Morgan fingerprint density at radius 2 is 1.77 bits per heavy atom. The van der Waals surface area contributed by atoms with E-state index in [0.717, 1.165) is 12.2 Å². The molecule has 0 bridgehead atoms. The monoisotopic (exact) mass is 447 g/mol. The van der Waals surface area contributed by atoms with Crippen molar-refractivity contribution in [3.8, 4) is 0 Å². The van der Waals surface area contributed by atoms with E-state index in [1.807, 2.05) is 25.2 Å². The summed E-state index contributed by atoms with van der Waals surface area (Å²) in [5, 5.41) is 2.90. The Bertz CT molecular complexity index is 957. The summed E-state index contributed by atoms with van der Waals surface area (Å²) in [4.78, 5) is 16.1. The summed E-state index contributed by atoms with van der Waals surface area (Å²) in [6.45, 7) is 4.67. The van der Waals surface area contributed by atoms with Crippen molar-refractivity contribution in [1.29, 1.82) is 0 Å². The third-order valence-corrected chi connectivity index (χ3v) is 8.29. The molecule has 2 aromatic carbocycles. The zero-order chi connectivity index (χ0) is 21.6. The van der Waals surface area contributed by atoms with Crippen LogP contribution in [-0.2, 0) is 10.0 Å². The van der Waals surface area contributed by atoms with Gasteiger partial charge in [-0.3, -0.25) is 4.79 Å². The van der Waals surface area contributed by atoms with E-state index in [0.29, 0.717) is 43.9 Å². The van der Waals surface area contributed by atoms with Crippen LogP contribution in [0, 0.1) is 6.92 Å². The summed E-state index contributed by atoms with van der Waals surface area (Å²) in [7, 11) is -1.62. The largest absolute Gasteiger partial charge is 0.352 e. The van der Waals surface area contributed by atoms with E-state index in [-0.39, 0.29) is 10.8 Å². The van der Waals surface area contributed by atoms with Gasteiger partial charge in [-0.1, -0.05) is 24.3 Å². The van der Waals surface area contributed by atoms with Crippen molar-refractivity contribution in [2.24, 2.45) is 0 Å². The predicted octanol–water partition coefficient (Wildman–Crippen LogP) is 2.84.